The quantitative estimate of drug-likeness (QED) is 0.616. The van der Waals surface area contributed by atoms with Crippen molar-refractivity contribution in [3.05, 3.63) is 83.0 Å². The third-order valence-corrected chi connectivity index (χ3v) is 5.44. The fraction of sp³-hybridized carbons (Fsp3) is 0.292. The first-order chi connectivity index (χ1) is 14.7. The third-order valence-electron chi connectivity index (χ3n) is 5.44. The molecule has 3 aromatic rings. The highest BCUT2D eigenvalue weighted by atomic mass is 16.3. The largest absolute Gasteiger partial charge is 0.388 e. The number of ketones is 1. The molecule has 0 saturated heterocycles. The van der Waals surface area contributed by atoms with Gasteiger partial charge in [0, 0.05) is 31.4 Å². The number of aliphatic hydroxyl groups excluding tert-OH is 1. The molecule has 1 aromatic heterocycles. The maximum Gasteiger partial charge on any atom is 0.227 e. The van der Waals surface area contributed by atoms with E-state index >= 15 is 0 Å². The minimum Gasteiger partial charge on any atom is -0.388 e. The number of fused-ring (bicyclic) bond motifs is 1. The molecule has 6 heteroatoms. The van der Waals surface area contributed by atoms with Gasteiger partial charge in [-0.3, -0.25) is 4.79 Å². The first-order valence-corrected chi connectivity index (χ1v) is 10.3. The van der Waals surface area contributed by atoms with Crippen LogP contribution in [-0.2, 0) is 19.4 Å². The number of anilines is 2. The number of Topliss-reactive ketones (excluding diaryl/α,β-unsaturated/α-hetero) is 1. The van der Waals surface area contributed by atoms with Crippen LogP contribution in [0, 0.1) is 0 Å². The van der Waals surface area contributed by atoms with Crippen LogP contribution >= 0.6 is 0 Å². The standard InChI is InChI=1S/C24H26N4O2/c29-17-22(30)21-9-8-19-7-4-13-28(14-11-20(19)15-21)24-25-12-10-23(27-24)26-16-18-5-2-1-3-6-18/h1-3,5-6,8-10,12,15,29H,4,7,11,13-14,16-17H2,(H,25,26,27). The van der Waals surface area contributed by atoms with Gasteiger partial charge in [0.05, 0.1) is 0 Å². The number of carbonyl (C=O) groups is 1. The van der Waals surface area contributed by atoms with Crippen molar-refractivity contribution >= 4 is 17.5 Å². The highest BCUT2D eigenvalue weighted by molar-refractivity contribution is 5.97. The van der Waals surface area contributed by atoms with Gasteiger partial charge in [-0.15, -0.1) is 0 Å². The summed E-state index contributed by atoms with van der Waals surface area (Å²) < 4.78 is 0. The van der Waals surface area contributed by atoms with Gasteiger partial charge in [0.2, 0.25) is 5.95 Å². The van der Waals surface area contributed by atoms with E-state index in [4.69, 9.17) is 10.1 Å². The highest BCUT2D eigenvalue weighted by Gasteiger charge is 2.16. The van der Waals surface area contributed by atoms with Crippen molar-refractivity contribution in [1.82, 2.24) is 9.97 Å². The van der Waals surface area contributed by atoms with Crippen LogP contribution in [0.2, 0.25) is 0 Å². The van der Waals surface area contributed by atoms with Crippen LogP contribution in [0.15, 0.2) is 60.8 Å². The van der Waals surface area contributed by atoms with Crippen LogP contribution in [-0.4, -0.2) is 40.6 Å². The molecule has 4 rings (SSSR count). The zero-order chi connectivity index (χ0) is 20.8. The molecule has 0 aliphatic carbocycles. The molecule has 0 spiro atoms. The average Bonchev–Trinajstić information content (AvgIpc) is 2.78. The van der Waals surface area contributed by atoms with Crippen molar-refractivity contribution in [1.29, 1.82) is 0 Å². The summed E-state index contributed by atoms with van der Waals surface area (Å²) >= 11 is 0. The first-order valence-electron chi connectivity index (χ1n) is 10.3. The predicted octanol–water partition coefficient (Wildman–Crippen LogP) is 3.26. The second-order valence-corrected chi connectivity index (χ2v) is 7.49. The number of aromatic nitrogens is 2. The van der Waals surface area contributed by atoms with Crippen LogP contribution in [0.5, 0.6) is 0 Å². The summed E-state index contributed by atoms with van der Waals surface area (Å²) in [6.45, 7) is 1.93. The Labute approximate surface area is 176 Å². The molecule has 0 radical (unpaired) electrons. The average molecular weight is 402 g/mol. The molecule has 6 nitrogen and oxygen atoms in total. The number of benzene rings is 2. The molecule has 2 N–H and O–H groups in total. The Kier molecular flexibility index (Phi) is 6.35. The van der Waals surface area contributed by atoms with E-state index in [1.807, 2.05) is 42.5 Å². The van der Waals surface area contributed by atoms with E-state index in [1.165, 1.54) is 11.1 Å². The maximum absolute atomic E-state index is 11.9. The molecule has 0 fully saturated rings. The summed E-state index contributed by atoms with van der Waals surface area (Å²) in [6, 6.07) is 17.9. The normalized spacial score (nSPS) is 13.8. The summed E-state index contributed by atoms with van der Waals surface area (Å²) in [6.07, 6.45) is 4.55. The van der Waals surface area contributed by atoms with Crippen molar-refractivity contribution in [3.8, 4) is 0 Å². The lowest BCUT2D eigenvalue weighted by Gasteiger charge is -2.26. The minimum absolute atomic E-state index is 0.239. The summed E-state index contributed by atoms with van der Waals surface area (Å²) in [5.74, 6) is 1.29. The number of hydrogen-bond acceptors (Lipinski definition) is 6. The number of nitrogens with zero attached hydrogens (tertiary/aromatic N) is 3. The van der Waals surface area contributed by atoms with Gasteiger partial charge in [0.25, 0.3) is 0 Å². The zero-order valence-electron chi connectivity index (χ0n) is 16.9. The fourth-order valence-corrected chi connectivity index (χ4v) is 3.78. The lowest BCUT2D eigenvalue weighted by molar-refractivity contribution is 0.0903. The van der Waals surface area contributed by atoms with Crippen LogP contribution in [0.25, 0.3) is 0 Å². The van der Waals surface area contributed by atoms with Gasteiger partial charge in [-0.05, 0) is 48.1 Å². The molecule has 2 aromatic carbocycles. The van der Waals surface area contributed by atoms with E-state index in [9.17, 15) is 4.79 Å². The number of carbonyl (C=O) groups excluding carboxylic acids is 1. The monoisotopic (exact) mass is 402 g/mol. The van der Waals surface area contributed by atoms with Crippen LogP contribution in [0.1, 0.15) is 33.5 Å². The highest BCUT2D eigenvalue weighted by Crippen LogP contribution is 2.21. The van der Waals surface area contributed by atoms with Crippen molar-refractivity contribution in [2.45, 2.75) is 25.8 Å². The van der Waals surface area contributed by atoms with E-state index in [2.05, 4.69) is 27.3 Å². The summed E-state index contributed by atoms with van der Waals surface area (Å²) in [5, 5.41) is 12.5. The number of hydrogen-bond donors (Lipinski definition) is 2. The Balaban J connectivity index is 1.46. The van der Waals surface area contributed by atoms with Gasteiger partial charge >= 0.3 is 0 Å². The molecule has 0 saturated carbocycles. The van der Waals surface area contributed by atoms with Gasteiger partial charge < -0.3 is 15.3 Å². The Bertz CT molecular complexity index is 1010. The van der Waals surface area contributed by atoms with Gasteiger partial charge in [-0.2, -0.15) is 4.98 Å². The maximum atomic E-state index is 11.9. The molecular formula is C24H26N4O2. The SMILES string of the molecule is O=C(CO)c1ccc2c(c1)CCN(c1nccc(NCc3ccccc3)n1)CCC2. The number of rotatable bonds is 6. The molecule has 30 heavy (non-hydrogen) atoms. The molecule has 154 valence electrons. The molecule has 1 aliphatic heterocycles. The smallest absolute Gasteiger partial charge is 0.227 e. The Morgan fingerprint density at radius 3 is 2.73 bits per heavy atom. The lowest BCUT2D eigenvalue weighted by Crippen LogP contribution is -2.31. The van der Waals surface area contributed by atoms with E-state index < -0.39 is 6.61 Å². The molecule has 1 aliphatic rings. The zero-order valence-corrected chi connectivity index (χ0v) is 16.9. The van der Waals surface area contributed by atoms with Gasteiger partial charge in [-0.1, -0.05) is 42.5 Å². The fourth-order valence-electron chi connectivity index (χ4n) is 3.78. The predicted molar refractivity (Wildman–Crippen MR) is 118 cm³/mol. The third kappa shape index (κ3) is 4.83. The number of aliphatic hydroxyl groups is 1. The summed E-state index contributed by atoms with van der Waals surface area (Å²) in [4.78, 5) is 23.3. The number of nitrogens with one attached hydrogen (secondary N) is 1. The lowest BCUT2D eigenvalue weighted by atomic mass is 9.95. The Morgan fingerprint density at radius 1 is 1.03 bits per heavy atom. The summed E-state index contributed by atoms with van der Waals surface area (Å²) in [7, 11) is 0. The van der Waals surface area contributed by atoms with E-state index in [0.29, 0.717) is 12.1 Å². The van der Waals surface area contributed by atoms with Crippen LogP contribution in [0.3, 0.4) is 0 Å². The van der Waals surface area contributed by atoms with Crippen molar-refractivity contribution < 1.29 is 9.90 Å². The molecule has 0 bridgehead atoms. The van der Waals surface area contributed by atoms with Gasteiger partial charge in [0.1, 0.15) is 12.4 Å². The molecule has 2 heterocycles. The topological polar surface area (TPSA) is 78.3 Å². The minimum atomic E-state index is -0.457. The molecule has 0 unspecified atom stereocenters. The van der Waals surface area contributed by atoms with Gasteiger partial charge in [0.15, 0.2) is 5.78 Å². The van der Waals surface area contributed by atoms with Crippen LogP contribution < -0.4 is 10.2 Å². The second-order valence-electron chi connectivity index (χ2n) is 7.49. The van der Waals surface area contributed by atoms with Crippen molar-refractivity contribution in [2.75, 3.05) is 29.9 Å². The summed E-state index contributed by atoms with van der Waals surface area (Å²) in [5.41, 5.74) is 4.22. The van der Waals surface area contributed by atoms with Crippen molar-refractivity contribution in [3.63, 3.8) is 0 Å². The van der Waals surface area contributed by atoms with E-state index in [0.717, 1.165) is 49.7 Å². The second kappa shape index (κ2) is 9.50. The first kappa shape index (κ1) is 20.0. The van der Waals surface area contributed by atoms with Crippen molar-refractivity contribution in [2.24, 2.45) is 0 Å². The molecule has 0 amide bonds. The molecular weight excluding hydrogens is 376 g/mol. The van der Waals surface area contributed by atoms with Gasteiger partial charge in [-0.25, -0.2) is 4.98 Å². The van der Waals surface area contributed by atoms with E-state index in [1.54, 1.807) is 6.20 Å². The molecule has 0 atom stereocenters. The Hall–Kier alpha value is -3.25. The van der Waals surface area contributed by atoms with Crippen LogP contribution in [0.4, 0.5) is 11.8 Å². The van der Waals surface area contributed by atoms with E-state index in [-0.39, 0.29) is 5.78 Å². The Morgan fingerprint density at radius 2 is 1.90 bits per heavy atom. The number of aryl methyl sites for hydroxylation is 1.